The van der Waals surface area contributed by atoms with Crippen LogP contribution in [-0.4, -0.2) is 64.2 Å². The van der Waals surface area contributed by atoms with E-state index in [9.17, 15) is 0 Å². The second kappa shape index (κ2) is 17.3. The molecule has 2 aliphatic heterocycles. The van der Waals surface area contributed by atoms with E-state index in [0.29, 0.717) is 0 Å². The van der Waals surface area contributed by atoms with Crippen molar-refractivity contribution < 1.29 is 0 Å². The molecular weight excluding hydrogens is 670 g/mol. The fourth-order valence-electron chi connectivity index (χ4n) is 5.18. The second-order valence-corrected chi connectivity index (χ2v) is 14.0. The van der Waals surface area contributed by atoms with Crippen molar-refractivity contribution in [1.29, 1.82) is 0 Å². The summed E-state index contributed by atoms with van der Waals surface area (Å²) >= 11 is 16.1. The number of anilines is 4. The third kappa shape index (κ3) is 9.17. The van der Waals surface area contributed by atoms with Gasteiger partial charge in [-0.15, -0.1) is 24.8 Å². The molecule has 0 aromatic heterocycles. The zero-order chi connectivity index (χ0) is 29.6. The molecule has 4 nitrogen and oxygen atoms in total. The number of fused-ring (bicyclic) bond motifs is 4. The summed E-state index contributed by atoms with van der Waals surface area (Å²) in [5, 5.41) is 1.60. The van der Waals surface area contributed by atoms with Gasteiger partial charge in [-0.3, -0.25) is 0 Å². The Kier molecular flexibility index (Phi) is 14.4. The minimum absolute atomic E-state index is 0. The minimum Gasteiger partial charge on any atom is -0.340 e. The number of para-hydroxylation sites is 2. The van der Waals surface area contributed by atoms with Gasteiger partial charge in [0.15, 0.2) is 0 Å². The Bertz CT molecular complexity index is 1410. The van der Waals surface area contributed by atoms with Crippen LogP contribution in [0.5, 0.6) is 0 Å². The van der Waals surface area contributed by atoms with Crippen molar-refractivity contribution in [3.05, 3.63) is 95.0 Å². The Hall–Kier alpha value is -1.74. The van der Waals surface area contributed by atoms with Crippen LogP contribution in [0, 0.1) is 0 Å². The standard InChI is InChI=1S/2C17H19ClN2S.2ClH/c2*1-19(2)10-5-11-20-14-6-3-4-7-16(14)21-17-9-8-13(18)12-15(17)20;;/h2*3-4,6-9,12H,5,10-11H2,1-2H3;2*1H. The largest absolute Gasteiger partial charge is 0.340 e. The Morgan fingerprint density at radius 3 is 1.27 bits per heavy atom. The molecule has 0 unspecified atom stereocenters. The third-order valence-electron chi connectivity index (χ3n) is 7.15. The van der Waals surface area contributed by atoms with Gasteiger partial charge in [-0.1, -0.05) is 71.0 Å². The van der Waals surface area contributed by atoms with Gasteiger partial charge in [-0.2, -0.15) is 0 Å². The van der Waals surface area contributed by atoms with E-state index < -0.39 is 0 Å². The van der Waals surface area contributed by atoms with Gasteiger partial charge in [0.2, 0.25) is 0 Å². The van der Waals surface area contributed by atoms with Gasteiger partial charge in [0.25, 0.3) is 0 Å². The Morgan fingerprint density at radius 2 is 0.886 bits per heavy atom. The lowest BCUT2D eigenvalue weighted by Gasteiger charge is -2.33. The molecule has 0 spiro atoms. The molecule has 236 valence electrons. The fourth-order valence-corrected chi connectivity index (χ4v) is 7.66. The molecule has 0 N–H and O–H groups in total. The fraction of sp³-hybridized carbons (Fsp3) is 0.294. The molecule has 4 aromatic rings. The second-order valence-electron chi connectivity index (χ2n) is 11.0. The number of nitrogens with zero attached hydrogens (tertiary/aromatic N) is 4. The average molecular weight is 711 g/mol. The number of rotatable bonds is 8. The SMILES string of the molecule is CN(C)CCCN1c2ccccc2Sc2ccc(Cl)cc21.CN(C)CCCN1c2ccccc2Sc2ccc(Cl)cc21.Cl.Cl. The summed E-state index contributed by atoms with van der Waals surface area (Å²) in [6, 6.07) is 29.5. The first-order valence-corrected chi connectivity index (χ1v) is 16.7. The predicted octanol–water partition coefficient (Wildman–Crippen LogP) is 10.6. The first kappa shape index (κ1) is 36.7. The number of benzene rings is 4. The molecule has 2 heterocycles. The molecule has 0 saturated heterocycles. The highest BCUT2D eigenvalue weighted by Gasteiger charge is 2.24. The van der Waals surface area contributed by atoms with Crippen LogP contribution in [0.25, 0.3) is 0 Å². The van der Waals surface area contributed by atoms with Gasteiger partial charge in [0, 0.05) is 42.7 Å². The first-order valence-electron chi connectivity index (χ1n) is 14.3. The molecule has 0 fully saturated rings. The molecule has 0 bridgehead atoms. The van der Waals surface area contributed by atoms with E-state index in [1.807, 2.05) is 35.7 Å². The zero-order valence-electron chi connectivity index (χ0n) is 25.5. The molecule has 4 aromatic carbocycles. The van der Waals surface area contributed by atoms with Gasteiger partial charge < -0.3 is 19.6 Å². The molecule has 0 radical (unpaired) electrons. The monoisotopic (exact) mass is 708 g/mol. The maximum Gasteiger partial charge on any atom is 0.0567 e. The quantitative estimate of drug-likeness (QED) is 0.179. The Balaban J connectivity index is 0.000000230. The summed E-state index contributed by atoms with van der Waals surface area (Å²) in [4.78, 5) is 14.4. The van der Waals surface area contributed by atoms with Gasteiger partial charge in [0.1, 0.15) is 0 Å². The van der Waals surface area contributed by atoms with Gasteiger partial charge in [-0.05, 0) is 115 Å². The lowest BCUT2D eigenvalue weighted by atomic mass is 10.2. The van der Waals surface area contributed by atoms with Gasteiger partial charge in [0.05, 0.1) is 22.7 Å². The first-order chi connectivity index (χ1) is 20.3. The van der Waals surface area contributed by atoms with Crippen LogP contribution in [0.15, 0.2) is 105 Å². The summed E-state index contributed by atoms with van der Waals surface area (Å²) in [5.41, 5.74) is 5.03. The summed E-state index contributed by atoms with van der Waals surface area (Å²) in [6.45, 7) is 4.18. The molecule has 10 heteroatoms. The average Bonchev–Trinajstić information content (AvgIpc) is 2.97. The molecule has 2 aliphatic rings. The normalized spacial score (nSPS) is 12.6. The highest BCUT2D eigenvalue weighted by Crippen LogP contribution is 2.49. The van der Waals surface area contributed by atoms with Crippen LogP contribution in [0.2, 0.25) is 10.0 Å². The van der Waals surface area contributed by atoms with Gasteiger partial charge >= 0.3 is 0 Å². The van der Waals surface area contributed by atoms with E-state index in [0.717, 1.165) is 49.1 Å². The number of hydrogen-bond acceptors (Lipinski definition) is 6. The lowest BCUT2D eigenvalue weighted by Crippen LogP contribution is -2.25. The molecular formula is C34H40Cl4N4S2. The number of hydrogen-bond donors (Lipinski definition) is 0. The van der Waals surface area contributed by atoms with Crippen molar-refractivity contribution in [2.45, 2.75) is 32.4 Å². The molecule has 0 atom stereocenters. The maximum absolute atomic E-state index is 6.21. The predicted molar refractivity (Wildman–Crippen MR) is 199 cm³/mol. The summed E-state index contributed by atoms with van der Waals surface area (Å²) in [5.74, 6) is 0. The summed E-state index contributed by atoms with van der Waals surface area (Å²) in [7, 11) is 8.46. The molecule has 0 aliphatic carbocycles. The summed E-state index contributed by atoms with van der Waals surface area (Å²) in [6.07, 6.45) is 2.25. The van der Waals surface area contributed by atoms with Crippen molar-refractivity contribution in [3.8, 4) is 0 Å². The van der Waals surface area contributed by atoms with E-state index in [1.54, 1.807) is 0 Å². The van der Waals surface area contributed by atoms with Gasteiger partial charge in [-0.25, -0.2) is 0 Å². The van der Waals surface area contributed by atoms with E-state index >= 15 is 0 Å². The highest BCUT2D eigenvalue weighted by molar-refractivity contribution is 8.00. The van der Waals surface area contributed by atoms with Crippen LogP contribution in [-0.2, 0) is 0 Å². The van der Waals surface area contributed by atoms with Crippen molar-refractivity contribution in [1.82, 2.24) is 9.80 Å². The van der Waals surface area contributed by atoms with Crippen LogP contribution in [0.4, 0.5) is 22.7 Å². The highest BCUT2D eigenvalue weighted by atomic mass is 35.5. The van der Waals surface area contributed by atoms with E-state index in [-0.39, 0.29) is 24.8 Å². The molecule has 44 heavy (non-hydrogen) atoms. The zero-order valence-corrected chi connectivity index (χ0v) is 30.3. The van der Waals surface area contributed by atoms with E-state index in [2.05, 4.69) is 121 Å². The molecule has 6 rings (SSSR count). The topological polar surface area (TPSA) is 13.0 Å². The molecule has 0 amide bonds. The minimum atomic E-state index is 0. The Labute approximate surface area is 293 Å². The number of halogens is 4. The van der Waals surface area contributed by atoms with E-state index in [4.69, 9.17) is 23.2 Å². The van der Waals surface area contributed by atoms with Crippen LogP contribution >= 0.6 is 71.5 Å². The smallest absolute Gasteiger partial charge is 0.0567 e. The van der Waals surface area contributed by atoms with E-state index in [1.165, 1.54) is 42.3 Å². The third-order valence-corrected chi connectivity index (χ3v) is 9.88. The van der Waals surface area contributed by atoms with Crippen molar-refractivity contribution in [2.24, 2.45) is 0 Å². The maximum atomic E-state index is 6.21. The van der Waals surface area contributed by atoms with Crippen molar-refractivity contribution in [3.63, 3.8) is 0 Å². The van der Waals surface area contributed by atoms with Crippen LogP contribution < -0.4 is 9.80 Å². The van der Waals surface area contributed by atoms with Crippen molar-refractivity contribution >= 4 is 94.3 Å². The van der Waals surface area contributed by atoms with Crippen molar-refractivity contribution in [2.75, 3.05) is 64.2 Å². The van der Waals surface area contributed by atoms with Crippen LogP contribution in [0.3, 0.4) is 0 Å². The molecule has 0 saturated carbocycles. The summed E-state index contributed by atoms with van der Waals surface area (Å²) < 4.78 is 0. The lowest BCUT2D eigenvalue weighted by molar-refractivity contribution is 0.402. The Morgan fingerprint density at radius 1 is 0.523 bits per heavy atom. The van der Waals surface area contributed by atoms with Crippen LogP contribution in [0.1, 0.15) is 12.8 Å².